The maximum absolute atomic E-state index is 11.1. The summed E-state index contributed by atoms with van der Waals surface area (Å²) in [5, 5.41) is 11.1. The predicted molar refractivity (Wildman–Crippen MR) is 67.2 cm³/mol. The summed E-state index contributed by atoms with van der Waals surface area (Å²) in [6, 6.07) is 5.58. The fourth-order valence-corrected chi connectivity index (χ4v) is 2.33. The second-order valence-corrected chi connectivity index (χ2v) is 4.64. The molecular formula is C12H17N3O2. The number of nitrogens with two attached hydrogens (primary N) is 1. The summed E-state index contributed by atoms with van der Waals surface area (Å²) in [5.74, 6) is 0. The first kappa shape index (κ1) is 11.9. The van der Waals surface area contributed by atoms with E-state index in [-0.39, 0.29) is 22.7 Å². The number of aryl methyl sites for hydroxylation is 1. The van der Waals surface area contributed by atoms with Crippen LogP contribution in [0, 0.1) is 17.0 Å². The summed E-state index contributed by atoms with van der Waals surface area (Å²) in [5.41, 5.74) is 7.70. The van der Waals surface area contributed by atoms with Crippen molar-refractivity contribution in [2.24, 2.45) is 5.73 Å². The molecule has 5 nitrogen and oxygen atoms in total. The monoisotopic (exact) mass is 235 g/mol. The van der Waals surface area contributed by atoms with Crippen LogP contribution in [0.5, 0.6) is 0 Å². The highest BCUT2D eigenvalue weighted by Crippen LogP contribution is 2.33. The number of nitro benzene ring substituents is 1. The Kier molecular flexibility index (Phi) is 3.02. The molecule has 0 radical (unpaired) electrons. The van der Waals surface area contributed by atoms with Crippen LogP contribution in [-0.2, 0) is 0 Å². The molecule has 1 aromatic carbocycles. The van der Waals surface area contributed by atoms with E-state index in [1.165, 1.54) is 0 Å². The first-order chi connectivity index (χ1) is 8.00. The van der Waals surface area contributed by atoms with Crippen LogP contribution in [0.1, 0.15) is 18.9 Å². The average Bonchev–Trinajstić information content (AvgIpc) is 2.60. The molecule has 92 valence electrons. The van der Waals surface area contributed by atoms with Crippen molar-refractivity contribution in [2.75, 3.05) is 11.4 Å². The van der Waals surface area contributed by atoms with Crippen molar-refractivity contribution in [2.45, 2.75) is 32.4 Å². The van der Waals surface area contributed by atoms with E-state index >= 15 is 0 Å². The minimum atomic E-state index is -0.321. The first-order valence-corrected chi connectivity index (χ1v) is 5.78. The molecule has 1 aliphatic rings. The molecule has 2 N–H and O–H groups in total. The highest BCUT2D eigenvalue weighted by atomic mass is 16.6. The van der Waals surface area contributed by atoms with Crippen LogP contribution in [0.25, 0.3) is 0 Å². The summed E-state index contributed by atoms with van der Waals surface area (Å²) < 4.78 is 0. The highest BCUT2D eigenvalue weighted by Gasteiger charge is 2.31. The van der Waals surface area contributed by atoms with E-state index in [9.17, 15) is 10.1 Å². The van der Waals surface area contributed by atoms with E-state index < -0.39 is 0 Å². The van der Waals surface area contributed by atoms with Gasteiger partial charge in [-0.25, -0.2) is 0 Å². The van der Waals surface area contributed by atoms with Crippen LogP contribution in [0.2, 0.25) is 0 Å². The molecule has 1 fully saturated rings. The maximum atomic E-state index is 11.1. The van der Waals surface area contributed by atoms with Gasteiger partial charge in [-0.15, -0.1) is 0 Å². The van der Waals surface area contributed by atoms with Gasteiger partial charge in [-0.2, -0.15) is 0 Å². The van der Waals surface area contributed by atoms with E-state index in [0.717, 1.165) is 18.5 Å². The molecule has 2 rings (SSSR count). The third kappa shape index (κ3) is 2.10. The van der Waals surface area contributed by atoms with Crippen molar-refractivity contribution >= 4 is 11.4 Å². The van der Waals surface area contributed by atoms with Crippen LogP contribution >= 0.6 is 0 Å². The van der Waals surface area contributed by atoms with E-state index in [0.29, 0.717) is 5.69 Å². The number of anilines is 1. The SMILES string of the molecule is Cc1ccc(N2CCC(N)C2C)c([N+](=O)[O-])c1. The molecule has 1 heterocycles. The largest absolute Gasteiger partial charge is 0.362 e. The highest BCUT2D eigenvalue weighted by molar-refractivity contribution is 5.65. The van der Waals surface area contributed by atoms with E-state index in [4.69, 9.17) is 5.73 Å². The van der Waals surface area contributed by atoms with Gasteiger partial charge >= 0.3 is 0 Å². The molecule has 0 aliphatic carbocycles. The Balaban J connectivity index is 2.42. The van der Waals surface area contributed by atoms with Gasteiger partial charge < -0.3 is 10.6 Å². The van der Waals surface area contributed by atoms with Crippen molar-refractivity contribution in [3.8, 4) is 0 Å². The second kappa shape index (κ2) is 4.33. The number of nitrogens with zero attached hydrogens (tertiary/aromatic N) is 2. The van der Waals surface area contributed by atoms with Gasteiger partial charge in [-0.1, -0.05) is 6.07 Å². The van der Waals surface area contributed by atoms with Crippen molar-refractivity contribution in [1.29, 1.82) is 0 Å². The molecule has 0 amide bonds. The average molecular weight is 235 g/mol. The van der Waals surface area contributed by atoms with Gasteiger partial charge in [0.25, 0.3) is 5.69 Å². The molecule has 1 aliphatic heterocycles. The van der Waals surface area contributed by atoms with Gasteiger partial charge in [0.05, 0.1) is 4.92 Å². The zero-order valence-corrected chi connectivity index (χ0v) is 10.1. The molecular weight excluding hydrogens is 218 g/mol. The van der Waals surface area contributed by atoms with Crippen molar-refractivity contribution in [3.05, 3.63) is 33.9 Å². The van der Waals surface area contributed by atoms with Crippen molar-refractivity contribution in [3.63, 3.8) is 0 Å². The van der Waals surface area contributed by atoms with Gasteiger partial charge in [0.2, 0.25) is 0 Å². The van der Waals surface area contributed by atoms with Gasteiger partial charge in [0.15, 0.2) is 0 Å². The van der Waals surface area contributed by atoms with Crippen molar-refractivity contribution < 1.29 is 4.92 Å². The van der Waals surface area contributed by atoms with E-state index in [1.807, 2.05) is 30.9 Å². The Morgan fingerprint density at radius 3 is 2.76 bits per heavy atom. The first-order valence-electron chi connectivity index (χ1n) is 5.78. The minimum absolute atomic E-state index is 0.0934. The fraction of sp³-hybridized carbons (Fsp3) is 0.500. The Bertz CT molecular complexity index is 447. The smallest absolute Gasteiger partial charge is 0.292 e. The third-order valence-electron chi connectivity index (χ3n) is 3.45. The Hall–Kier alpha value is -1.62. The minimum Gasteiger partial charge on any atom is -0.362 e. The standard InChI is InChI=1S/C12H17N3O2/c1-8-3-4-11(12(7-8)15(16)17)14-6-5-10(13)9(14)2/h3-4,7,9-10H,5-6,13H2,1-2H3. The normalized spacial score (nSPS) is 24.1. The van der Waals surface area contributed by atoms with Crippen molar-refractivity contribution in [1.82, 2.24) is 0 Å². The molecule has 0 spiro atoms. The maximum Gasteiger partial charge on any atom is 0.292 e. The van der Waals surface area contributed by atoms with Crippen LogP contribution in [0.4, 0.5) is 11.4 Å². The summed E-state index contributed by atoms with van der Waals surface area (Å²) in [7, 11) is 0. The zero-order chi connectivity index (χ0) is 12.6. The lowest BCUT2D eigenvalue weighted by molar-refractivity contribution is -0.384. The quantitative estimate of drug-likeness (QED) is 0.627. The third-order valence-corrected chi connectivity index (χ3v) is 3.45. The second-order valence-electron chi connectivity index (χ2n) is 4.64. The molecule has 0 bridgehead atoms. The number of rotatable bonds is 2. The lowest BCUT2D eigenvalue weighted by Crippen LogP contribution is -2.37. The lowest BCUT2D eigenvalue weighted by atomic mass is 10.1. The summed E-state index contributed by atoms with van der Waals surface area (Å²) in [6.07, 6.45) is 0.881. The molecule has 1 saturated heterocycles. The van der Waals surface area contributed by atoms with Gasteiger partial charge in [0, 0.05) is 24.7 Å². The number of benzene rings is 1. The lowest BCUT2D eigenvalue weighted by Gasteiger charge is -2.25. The number of nitro groups is 1. The van der Waals surface area contributed by atoms with Crippen LogP contribution in [-0.4, -0.2) is 23.6 Å². The topological polar surface area (TPSA) is 72.4 Å². The van der Waals surface area contributed by atoms with E-state index in [2.05, 4.69) is 0 Å². The number of hydrogen-bond acceptors (Lipinski definition) is 4. The molecule has 1 aromatic rings. The molecule has 17 heavy (non-hydrogen) atoms. The van der Waals surface area contributed by atoms with Crippen LogP contribution < -0.4 is 10.6 Å². The molecule has 5 heteroatoms. The van der Waals surface area contributed by atoms with Crippen LogP contribution in [0.3, 0.4) is 0 Å². The predicted octanol–water partition coefficient (Wildman–Crippen LogP) is 1.83. The van der Waals surface area contributed by atoms with Crippen LogP contribution in [0.15, 0.2) is 18.2 Å². The van der Waals surface area contributed by atoms with Gasteiger partial charge in [-0.3, -0.25) is 10.1 Å². The molecule has 0 saturated carbocycles. The molecule has 2 atom stereocenters. The Labute approximate surface area is 100 Å². The zero-order valence-electron chi connectivity index (χ0n) is 10.1. The van der Waals surface area contributed by atoms with Gasteiger partial charge in [0.1, 0.15) is 5.69 Å². The van der Waals surface area contributed by atoms with E-state index in [1.54, 1.807) is 6.07 Å². The molecule has 2 unspecified atom stereocenters. The fourth-order valence-electron chi connectivity index (χ4n) is 2.33. The Morgan fingerprint density at radius 2 is 2.24 bits per heavy atom. The number of hydrogen-bond donors (Lipinski definition) is 1. The summed E-state index contributed by atoms with van der Waals surface area (Å²) in [4.78, 5) is 12.8. The summed E-state index contributed by atoms with van der Waals surface area (Å²) in [6.45, 7) is 4.66. The molecule has 0 aromatic heterocycles. The Morgan fingerprint density at radius 1 is 1.53 bits per heavy atom. The summed E-state index contributed by atoms with van der Waals surface area (Å²) >= 11 is 0. The van der Waals surface area contributed by atoms with Gasteiger partial charge in [-0.05, 0) is 31.9 Å².